The van der Waals surface area contributed by atoms with E-state index in [0.29, 0.717) is 37.9 Å². The van der Waals surface area contributed by atoms with Gasteiger partial charge in [-0.25, -0.2) is 0 Å². The van der Waals surface area contributed by atoms with Gasteiger partial charge in [0.05, 0.1) is 0 Å². The first kappa shape index (κ1) is 86.6. The van der Waals surface area contributed by atoms with Crippen LogP contribution in [0.15, 0.2) is 0 Å². The summed E-state index contributed by atoms with van der Waals surface area (Å²) in [5.74, 6) is 0. The van der Waals surface area contributed by atoms with E-state index in [2.05, 4.69) is 27.7 Å². The summed E-state index contributed by atoms with van der Waals surface area (Å²) in [6.07, 6.45) is 88.8. The summed E-state index contributed by atoms with van der Waals surface area (Å²) in [7, 11) is -8.46. The van der Waals surface area contributed by atoms with E-state index in [4.69, 9.17) is 9.05 Å². The minimum Gasteiger partial charge on any atom is -0.0654 e. The van der Waals surface area contributed by atoms with E-state index in [-0.39, 0.29) is 0 Å². The van der Waals surface area contributed by atoms with E-state index in [0.717, 1.165) is 77.0 Å². The summed E-state index contributed by atoms with van der Waals surface area (Å²) in [5, 5.41) is 0. The molecule has 0 spiro atoms. The van der Waals surface area contributed by atoms with Crippen molar-refractivity contribution < 1.29 is 28.6 Å². The first-order valence-electron chi connectivity index (χ1n) is 40.3. The molecule has 0 saturated carbocycles. The van der Waals surface area contributed by atoms with Crippen LogP contribution in [0.25, 0.3) is 0 Å². The number of hydrogen-bond donors (Lipinski definition) is 4. The van der Waals surface area contributed by atoms with Gasteiger partial charge in [-0.2, -0.15) is 0 Å². The van der Waals surface area contributed by atoms with Crippen LogP contribution in [-0.2, 0) is 9.05 Å². The Kier molecular flexibility index (Phi) is 66.1. The second-order valence-electron chi connectivity index (χ2n) is 28.8. The minimum absolute atomic E-state index is 0.390. The van der Waals surface area contributed by atoms with Crippen molar-refractivity contribution in [2.45, 2.75) is 464 Å². The van der Waals surface area contributed by atoms with Crippen LogP contribution in [-0.4, -0.2) is 57.4 Å². The maximum atomic E-state index is 12.1. The first-order chi connectivity index (χ1) is 42.0. The normalized spacial score (nSPS) is 13.2. The summed E-state index contributed by atoms with van der Waals surface area (Å²) in [6, 6.07) is 0. The summed E-state index contributed by atoms with van der Waals surface area (Å²) in [5.41, 5.74) is 0. The second-order valence-corrected chi connectivity index (χ2v) is 36.3. The van der Waals surface area contributed by atoms with Crippen molar-refractivity contribution in [3.05, 3.63) is 0 Å². The van der Waals surface area contributed by atoms with Gasteiger partial charge in [-0.1, -0.05) is 156 Å². The molecule has 0 bridgehead atoms. The van der Waals surface area contributed by atoms with Crippen molar-refractivity contribution in [1.29, 1.82) is 0 Å². The predicted octanol–water partition coefficient (Wildman–Crippen LogP) is 28.2. The Balaban J connectivity index is 4.98. The predicted molar refractivity (Wildman–Crippen MR) is 391 cm³/mol. The fraction of sp³-hybridized carbons (Fsp3) is 1.00. The van der Waals surface area contributed by atoms with E-state index in [1.807, 2.05) is 0 Å². The molecular weight excluding hydrogens is 1090 g/mol. The summed E-state index contributed by atoms with van der Waals surface area (Å²) >= 11 is 0. The topological polar surface area (TPSA) is 99.4 Å². The molecule has 0 aliphatic rings. The van der Waals surface area contributed by atoms with Crippen molar-refractivity contribution in [3.8, 4) is 0 Å². The van der Waals surface area contributed by atoms with Gasteiger partial charge in [0.2, 0.25) is 0 Å². The molecule has 0 rings (SSSR count). The molecule has 522 valence electrons. The molecule has 4 N–H and O–H groups in total. The van der Waals surface area contributed by atoms with E-state index in [1.165, 1.54) is 360 Å². The molecule has 0 amide bonds. The van der Waals surface area contributed by atoms with Crippen molar-refractivity contribution in [1.82, 2.24) is 0 Å². The Morgan fingerprint density at radius 3 is 0.384 bits per heavy atom. The average molecular weight is 1260 g/mol. The molecule has 0 aromatic heterocycles. The molecule has 0 atom stereocenters. The van der Waals surface area contributed by atoms with Gasteiger partial charge in [0.15, 0.2) is 0 Å². The molecule has 0 saturated heterocycles. The third-order valence-corrected chi connectivity index (χ3v) is 26.1. The molecule has 0 aliphatic carbocycles. The molecule has 0 unspecified atom stereocenters. The smallest absolute Gasteiger partial charge is 0.0654 e. The molecule has 0 aromatic carbocycles. The van der Waals surface area contributed by atoms with Gasteiger partial charge in [-0.3, -0.25) is 0 Å². The van der Waals surface area contributed by atoms with Crippen LogP contribution in [0.4, 0.5) is 0 Å². The Morgan fingerprint density at radius 2 is 0.256 bits per heavy atom. The Bertz CT molecular complexity index is 1120. The average Bonchev–Trinajstić information content (AvgIpc) is 1.63. The van der Waals surface area contributed by atoms with E-state index < -0.39 is 14.6 Å². The van der Waals surface area contributed by atoms with E-state index in [9.17, 15) is 19.6 Å². The molecule has 0 aromatic rings. The van der Waals surface area contributed by atoms with Crippen molar-refractivity contribution in [3.63, 3.8) is 0 Å². The van der Waals surface area contributed by atoms with Crippen LogP contribution in [0.3, 0.4) is 0 Å². The molecule has 0 aliphatic heterocycles. The van der Waals surface area contributed by atoms with Crippen molar-refractivity contribution in [2.75, 3.05) is 37.9 Å². The standard InChI is InChI=1S/C78H164O6P2/c1-5-9-13-17-21-25-29-33-37-41-45-49-53-57-63-69-75-85(79,80,76-70-64-58-54-50-46-42-38-34-30-26-22-18-14-10-6-2)83-73-67-61-62-68-74-84-86(81,82,77-71-65-59-55-51-47-43-39-35-31-27-23-19-15-11-7-3)78-72-66-60-56-52-48-44-40-36-32-28-24-20-16-12-8-4/h79-82H,5-78H2,1-4H3. The minimum atomic E-state index is -4.23. The van der Waals surface area contributed by atoms with Crippen molar-refractivity contribution >= 4 is 14.6 Å². The van der Waals surface area contributed by atoms with E-state index >= 15 is 0 Å². The van der Waals surface area contributed by atoms with Gasteiger partial charge in [-0.05, 0) is 0 Å². The Labute approximate surface area is 542 Å². The number of hydrogen-bond acceptors (Lipinski definition) is 6. The maximum absolute atomic E-state index is 12.1. The first-order valence-corrected chi connectivity index (χ1v) is 45.2. The number of unbranched alkanes of at least 4 members (excludes halogenated alkanes) is 63. The molecule has 86 heavy (non-hydrogen) atoms. The summed E-state index contributed by atoms with van der Waals surface area (Å²) in [4.78, 5) is 48.3. The third-order valence-electron chi connectivity index (χ3n) is 19.7. The molecule has 8 heteroatoms. The van der Waals surface area contributed by atoms with Crippen LogP contribution in [0.5, 0.6) is 0 Å². The monoisotopic (exact) mass is 1260 g/mol. The molecular formula is C78H164O6P2. The van der Waals surface area contributed by atoms with Gasteiger partial charge < -0.3 is 0 Å². The van der Waals surface area contributed by atoms with Crippen LogP contribution < -0.4 is 0 Å². The molecule has 6 nitrogen and oxygen atoms in total. The van der Waals surface area contributed by atoms with E-state index in [1.54, 1.807) is 0 Å². The quantitative estimate of drug-likeness (QED) is 0.0358. The van der Waals surface area contributed by atoms with Gasteiger partial charge in [0.1, 0.15) is 0 Å². The summed E-state index contributed by atoms with van der Waals surface area (Å²) < 4.78 is 12.6. The second kappa shape index (κ2) is 65.7. The van der Waals surface area contributed by atoms with Gasteiger partial charge in [-0.15, -0.1) is 0 Å². The zero-order valence-corrected chi connectivity index (χ0v) is 61.6. The zero-order valence-electron chi connectivity index (χ0n) is 59.8. The molecule has 0 radical (unpaired) electrons. The van der Waals surface area contributed by atoms with Crippen LogP contribution in [0.2, 0.25) is 0 Å². The number of rotatable bonds is 77. The fourth-order valence-corrected chi connectivity index (χ4v) is 19.0. The van der Waals surface area contributed by atoms with Crippen LogP contribution in [0, 0.1) is 0 Å². The van der Waals surface area contributed by atoms with Crippen LogP contribution in [0.1, 0.15) is 464 Å². The van der Waals surface area contributed by atoms with Gasteiger partial charge in [0.25, 0.3) is 0 Å². The Morgan fingerprint density at radius 1 is 0.151 bits per heavy atom. The SMILES string of the molecule is CCCCCCCCCCCCCCCCCCP(O)(O)(CCCCCCCCCCCCCCCCCC)OCCCCCCOP(O)(O)(CCCCCCCCCCCCCCCCCC)CCCCCCCCCCCCCCCCCC. The third kappa shape index (κ3) is 64.7. The van der Waals surface area contributed by atoms with Gasteiger partial charge >= 0.3 is 389 Å². The van der Waals surface area contributed by atoms with Crippen LogP contribution >= 0.6 is 14.6 Å². The van der Waals surface area contributed by atoms with Gasteiger partial charge in [0, 0.05) is 0 Å². The summed E-state index contributed by atoms with van der Waals surface area (Å²) in [6.45, 7) is 9.97. The zero-order chi connectivity index (χ0) is 62.6. The Hall–Kier alpha value is 0.620. The fourth-order valence-electron chi connectivity index (χ4n) is 13.5. The molecule has 0 heterocycles. The molecule has 0 fully saturated rings. The van der Waals surface area contributed by atoms with Crippen molar-refractivity contribution in [2.24, 2.45) is 0 Å².